The number of hydrogen-bond acceptors (Lipinski definition) is 7. The first-order valence-electron chi connectivity index (χ1n) is 13.8. The summed E-state index contributed by atoms with van der Waals surface area (Å²) in [5.74, 6) is 2.38. The molecule has 1 aromatic carbocycles. The highest BCUT2D eigenvalue weighted by Crippen LogP contribution is 2.46. The number of benzene rings is 1. The summed E-state index contributed by atoms with van der Waals surface area (Å²) in [6.07, 6.45) is 6.59. The Balaban J connectivity index is 0.000000748. The zero-order valence-electron chi connectivity index (χ0n) is 25.0. The average molecular weight is 582 g/mol. The lowest BCUT2D eigenvalue weighted by Crippen LogP contribution is -2.20. The van der Waals surface area contributed by atoms with Crippen molar-refractivity contribution in [3.8, 4) is 22.8 Å². The number of nitrogens with zero attached hydrogens (tertiary/aromatic N) is 2. The third-order valence-electron chi connectivity index (χ3n) is 5.57. The predicted molar refractivity (Wildman–Crippen MR) is 168 cm³/mol. The molecule has 0 bridgehead atoms. The molecule has 0 aliphatic carbocycles. The molecule has 1 saturated heterocycles. The van der Waals surface area contributed by atoms with E-state index in [1.807, 2.05) is 33.0 Å². The Morgan fingerprint density at radius 1 is 0.974 bits per heavy atom. The van der Waals surface area contributed by atoms with Crippen LogP contribution in [0.5, 0.6) is 11.5 Å². The lowest BCUT2D eigenvalue weighted by Gasteiger charge is -2.18. The Morgan fingerprint density at radius 2 is 1.56 bits per heavy atom. The fraction of sp³-hybridized carbons (Fsp3) is 0.533. The molecule has 2 aromatic heterocycles. The van der Waals surface area contributed by atoms with Gasteiger partial charge in [0.2, 0.25) is 0 Å². The molecule has 39 heavy (non-hydrogen) atoms. The lowest BCUT2D eigenvalue weighted by molar-refractivity contribution is 0.195. The van der Waals surface area contributed by atoms with E-state index >= 15 is 0 Å². The third-order valence-corrected chi connectivity index (χ3v) is 6.32. The van der Waals surface area contributed by atoms with Gasteiger partial charge in [0.05, 0.1) is 42.6 Å². The van der Waals surface area contributed by atoms with E-state index in [1.165, 1.54) is 19.3 Å². The molecule has 218 valence electrons. The van der Waals surface area contributed by atoms with Crippen molar-refractivity contribution in [2.75, 3.05) is 45.1 Å². The van der Waals surface area contributed by atoms with Crippen molar-refractivity contribution in [2.24, 2.45) is 0 Å². The van der Waals surface area contributed by atoms with Gasteiger partial charge in [0.1, 0.15) is 23.1 Å². The van der Waals surface area contributed by atoms with Crippen molar-refractivity contribution >= 4 is 45.6 Å². The number of halogens is 2. The summed E-state index contributed by atoms with van der Waals surface area (Å²) < 4.78 is 16.3. The number of methoxy groups -OCH3 is 2. The van der Waals surface area contributed by atoms with E-state index in [9.17, 15) is 0 Å². The molecule has 0 amide bonds. The van der Waals surface area contributed by atoms with Gasteiger partial charge >= 0.3 is 0 Å². The molecule has 7 nitrogen and oxygen atoms in total. The number of rotatable bonds is 7. The van der Waals surface area contributed by atoms with Crippen molar-refractivity contribution in [3.05, 3.63) is 34.4 Å². The van der Waals surface area contributed by atoms with Gasteiger partial charge in [0.25, 0.3) is 0 Å². The summed E-state index contributed by atoms with van der Waals surface area (Å²) in [6.45, 7) is 14.0. The Kier molecular flexibility index (Phi) is 16.6. The number of fused-ring (bicyclic) bond motifs is 1. The minimum absolute atomic E-state index is 0.174. The average Bonchev–Trinajstić information content (AvgIpc) is 3.48. The van der Waals surface area contributed by atoms with Crippen molar-refractivity contribution in [1.29, 1.82) is 0 Å². The number of ether oxygens (including phenoxy) is 3. The smallest absolute Gasteiger partial charge is 0.141 e. The van der Waals surface area contributed by atoms with Crippen LogP contribution in [0.4, 0.5) is 11.6 Å². The molecule has 0 radical (unpaired) electrons. The van der Waals surface area contributed by atoms with Gasteiger partial charge < -0.3 is 24.8 Å². The van der Waals surface area contributed by atoms with E-state index < -0.39 is 0 Å². The van der Waals surface area contributed by atoms with E-state index in [0.29, 0.717) is 45.2 Å². The Hall–Kier alpha value is -2.48. The fourth-order valence-corrected chi connectivity index (χ4v) is 4.17. The van der Waals surface area contributed by atoms with Crippen LogP contribution in [0.2, 0.25) is 10.0 Å². The predicted octanol–water partition coefficient (Wildman–Crippen LogP) is 9.11. The second-order valence-corrected chi connectivity index (χ2v) is 9.35. The standard InChI is InChI=1S/C21H22Cl2N4O3.C4H10.C3H8.C2H6/c1-24-17-7-13-11(9-25-17)6-14(27-21(13)26-12-4-5-30-10-12)18-19(22)15(28-2)8-16(29-3)20(18)23;1-3-4-2;1-3-2;1-2/h6-9,12H,4-5,10H2,1-3H3,(H,24,25)(H,26,27);3-4H2,1-2H3;3H2,1-2H3;1-2H3. The first-order chi connectivity index (χ1) is 18.9. The minimum atomic E-state index is 0.174. The van der Waals surface area contributed by atoms with Crippen LogP contribution in [-0.2, 0) is 4.74 Å². The highest BCUT2D eigenvalue weighted by molar-refractivity contribution is 6.41. The van der Waals surface area contributed by atoms with Crippen LogP contribution in [-0.4, -0.2) is 50.5 Å². The summed E-state index contributed by atoms with van der Waals surface area (Å²) in [5, 5.41) is 9.14. The van der Waals surface area contributed by atoms with Crippen LogP contribution in [0.1, 0.15) is 67.2 Å². The molecular formula is C30H46Cl2N4O3. The molecule has 0 spiro atoms. The van der Waals surface area contributed by atoms with Crippen LogP contribution in [0.25, 0.3) is 22.0 Å². The molecule has 4 rings (SSSR count). The Labute approximate surface area is 245 Å². The molecule has 0 saturated carbocycles. The maximum Gasteiger partial charge on any atom is 0.141 e. The van der Waals surface area contributed by atoms with E-state index in [1.54, 1.807) is 26.5 Å². The van der Waals surface area contributed by atoms with Crippen molar-refractivity contribution in [2.45, 2.75) is 73.3 Å². The Bertz CT molecular complexity index is 1110. The van der Waals surface area contributed by atoms with Crippen LogP contribution >= 0.6 is 23.2 Å². The summed E-state index contributed by atoms with van der Waals surface area (Å²) in [6, 6.07) is 5.70. The summed E-state index contributed by atoms with van der Waals surface area (Å²) in [4.78, 5) is 9.32. The van der Waals surface area contributed by atoms with Gasteiger partial charge in [-0.05, 0) is 18.6 Å². The van der Waals surface area contributed by atoms with E-state index in [4.69, 9.17) is 42.4 Å². The maximum atomic E-state index is 6.63. The molecule has 3 aromatic rings. The van der Waals surface area contributed by atoms with Gasteiger partial charge in [0.15, 0.2) is 0 Å². The number of unbranched alkanes of at least 4 members (excludes halogenated alkanes) is 1. The molecule has 1 fully saturated rings. The van der Waals surface area contributed by atoms with Crippen LogP contribution in [0.15, 0.2) is 24.4 Å². The summed E-state index contributed by atoms with van der Waals surface area (Å²) in [7, 11) is 4.92. The normalized spacial score (nSPS) is 13.7. The van der Waals surface area contributed by atoms with Crippen molar-refractivity contribution < 1.29 is 14.2 Å². The zero-order valence-corrected chi connectivity index (χ0v) is 26.5. The number of aromatic nitrogens is 2. The number of nitrogens with one attached hydrogen (secondary N) is 2. The van der Waals surface area contributed by atoms with E-state index in [0.717, 1.165) is 29.6 Å². The van der Waals surface area contributed by atoms with E-state index in [2.05, 4.69) is 43.3 Å². The van der Waals surface area contributed by atoms with Gasteiger partial charge in [-0.15, -0.1) is 0 Å². The topological polar surface area (TPSA) is 77.5 Å². The van der Waals surface area contributed by atoms with Crippen LogP contribution in [0, 0.1) is 0 Å². The summed E-state index contributed by atoms with van der Waals surface area (Å²) in [5.41, 5.74) is 1.13. The molecule has 1 aliphatic rings. The van der Waals surface area contributed by atoms with Crippen LogP contribution in [0.3, 0.4) is 0 Å². The second kappa shape index (κ2) is 18.7. The molecule has 1 aliphatic heterocycles. The fourth-order valence-electron chi connectivity index (χ4n) is 3.47. The van der Waals surface area contributed by atoms with Crippen molar-refractivity contribution in [3.63, 3.8) is 0 Å². The molecule has 1 atom stereocenters. The first kappa shape index (κ1) is 34.5. The third kappa shape index (κ3) is 9.59. The molecular weight excluding hydrogens is 535 g/mol. The van der Waals surface area contributed by atoms with Crippen molar-refractivity contribution in [1.82, 2.24) is 9.97 Å². The highest BCUT2D eigenvalue weighted by atomic mass is 35.5. The highest BCUT2D eigenvalue weighted by Gasteiger charge is 2.23. The lowest BCUT2D eigenvalue weighted by atomic mass is 10.1. The quantitative estimate of drug-likeness (QED) is 0.288. The SMILES string of the molecule is CC.CCC.CCCC.CNc1cc2c(NC3CCOC3)nc(-c3c(Cl)c(OC)cc(OC)c3Cl)cc2cn1. The zero-order chi connectivity index (χ0) is 29.4. The van der Waals surface area contributed by atoms with Gasteiger partial charge in [-0.25, -0.2) is 9.97 Å². The number of hydrogen-bond donors (Lipinski definition) is 2. The minimum Gasteiger partial charge on any atom is -0.495 e. The number of anilines is 2. The largest absolute Gasteiger partial charge is 0.495 e. The second-order valence-electron chi connectivity index (χ2n) is 8.59. The maximum absolute atomic E-state index is 6.63. The monoisotopic (exact) mass is 580 g/mol. The summed E-state index contributed by atoms with van der Waals surface area (Å²) >= 11 is 13.3. The molecule has 3 heterocycles. The number of pyridine rings is 2. The molecule has 1 unspecified atom stereocenters. The molecule has 9 heteroatoms. The first-order valence-corrected chi connectivity index (χ1v) is 14.6. The molecule has 2 N–H and O–H groups in total. The Morgan fingerprint density at radius 3 is 2.03 bits per heavy atom. The van der Waals surface area contributed by atoms with Crippen LogP contribution < -0.4 is 20.1 Å². The van der Waals surface area contributed by atoms with Gasteiger partial charge in [0, 0.05) is 42.3 Å². The van der Waals surface area contributed by atoms with Gasteiger partial charge in [-0.1, -0.05) is 84.0 Å². The van der Waals surface area contributed by atoms with E-state index in [-0.39, 0.29) is 6.04 Å². The van der Waals surface area contributed by atoms with Gasteiger partial charge in [-0.3, -0.25) is 0 Å². The van der Waals surface area contributed by atoms with Gasteiger partial charge in [-0.2, -0.15) is 0 Å².